The number of rotatable bonds is 5. The van der Waals surface area contributed by atoms with Gasteiger partial charge >= 0.3 is 0 Å². The third-order valence-corrected chi connectivity index (χ3v) is 5.66. The van der Waals surface area contributed by atoms with Gasteiger partial charge in [0.15, 0.2) is 9.84 Å². The molecule has 0 aliphatic carbocycles. The Kier molecular flexibility index (Phi) is 5.79. The predicted molar refractivity (Wildman–Crippen MR) is 76.3 cm³/mol. The molecule has 1 fully saturated rings. The molecule has 0 aromatic rings. The third-order valence-electron chi connectivity index (χ3n) is 3.50. The highest BCUT2D eigenvalue weighted by atomic mass is 32.2. The van der Waals surface area contributed by atoms with Gasteiger partial charge in [-0.1, -0.05) is 11.6 Å². The van der Waals surface area contributed by atoms with Crippen LogP contribution < -0.4 is 5.73 Å². The van der Waals surface area contributed by atoms with Gasteiger partial charge in [-0.05, 0) is 26.7 Å². The van der Waals surface area contributed by atoms with Crippen LogP contribution in [0.4, 0.5) is 0 Å². The molecule has 1 saturated heterocycles. The van der Waals surface area contributed by atoms with Crippen LogP contribution in [-0.4, -0.2) is 53.9 Å². The average molecular weight is 305 g/mol. The number of hydrogen-bond acceptors (Lipinski definition) is 5. The normalized spacial score (nSPS) is 22.8. The first-order valence-electron chi connectivity index (χ1n) is 6.78. The van der Waals surface area contributed by atoms with E-state index in [0.29, 0.717) is 12.8 Å². The van der Waals surface area contributed by atoms with Gasteiger partial charge in [0.1, 0.15) is 11.1 Å². The van der Waals surface area contributed by atoms with Crippen LogP contribution >= 0.6 is 0 Å². The van der Waals surface area contributed by atoms with Crippen molar-refractivity contribution >= 4 is 21.6 Å². The fraction of sp³-hybridized carbons (Fsp3) is 0.833. The monoisotopic (exact) mass is 305 g/mol. The van der Waals surface area contributed by atoms with Gasteiger partial charge in [-0.3, -0.25) is 4.79 Å². The smallest absolute Gasteiger partial charge is 0.241 e. The minimum absolute atomic E-state index is 0.0231. The lowest BCUT2D eigenvalue weighted by Gasteiger charge is -2.31. The van der Waals surface area contributed by atoms with E-state index in [1.807, 2.05) is 13.8 Å². The number of nitrogens with zero attached hydrogens (tertiary/aromatic N) is 2. The van der Waals surface area contributed by atoms with Crippen molar-refractivity contribution in [2.24, 2.45) is 10.9 Å². The molecule has 1 unspecified atom stereocenters. The highest BCUT2D eigenvalue weighted by molar-refractivity contribution is 7.92. The summed E-state index contributed by atoms with van der Waals surface area (Å²) in [4.78, 5) is 14.0. The van der Waals surface area contributed by atoms with Crippen LogP contribution in [0.5, 0.6) is 0 Å². The molecule has 0 aromatic heterocycles. The maximum absolute atomic E-state index is 12.5. The summed E-state index contributed by atoms with van der Waals surface area (Å²) in [6.45, 7) is 3.89. The Hall–Kier alpha value is -1.31. The van der Waals surface area contributed by atoms with E-state index in [1.54, 1.807) is 0 Å². The number of amides is 1. The number of carbonyl (C=O) groups is 1. The molecule has 1 aliphatic heterocycles. The minimum atomic E-state index is -3.35. The molecule has 1 atom stereocenters. The zero-order valence-electron chi connectivity index (χ0n) is 11.9. The van der Waals surface area contributed by atoms with E-state index in [2.05, 4.69) is 5.16 Å². The van der Waals surface area contributed by atoms with Crippen molar-refractivity contribution in [1.29, 1.82) is 0 Å². The predicted octanol–water partition coefficient (Wildman–Crippen LogP) is 0.327. The summed E-state index contributed by atoms with van der Waals surface area (Å²) >= 11 is 0. The van der Waals surface area contributed by atoms with Crippen molar-refractivity contribution in [3.05, 3.63) is 0 Å². The van der Waals surface area contributed by atoms with Gasteiger partial charge in [-0.2, -0.15) is 0 Å². The number of sulfone groups is 1. The van der Waals surface area contributed by atoms with Crippen LogP contribution in [0.15, 0.2) is 5.16 Å². The number of nitrogens with two attached hydrogens (primary N) is 1. The Bertz CT molecular complexity index is 473. The van der Waals surface area contributed by atoms with Gasteiger partial charge in [0, 0.05) is 19.0 Å². The second-order valence-corrected chi connectivity index (χ2v) is 7.62. The SMILES string of the molecule is CC(C)N(CCC(N)=NO)C(=O)C1CCCCS1(=O)=O. The summed E-state index contributed by atoms with van der Waals surface area (Å²) in [7, 11) is -3.35. The van der Waals surface area contributed by atoms with Crippen LogP contribution in [0.3, 0.4) is 0 Å². The maximum Gasteiger partial charge on any atom is 0.241 e. The number of oxime groups is 1. The van der Waals surface area contributed by atoms with Gasteiger partial charge in [0.25, 0.3) is 0 Å². The van der Waals surface area contributed by atoms with Crippen LogP contribution in [0.1, 0.15) is 39.5 Å². The number of hydrogen-bond donors (Lipinski definition) is 2. The van der Waals surface area contributed by atoms with E-state index in [0.717, 1.165) is 6.42 Å². The summed E-state index contributed by atoms with van der Waals surface area (Å²) in [5.41, 5.74) is 5.40. The Labute approximate surface area is 119 Å². The van der Waals surface area contributed by atoms with Crippen molar-refractivity contribution in [2.75, 3.05) is 12.3 Å². The van der Waals surface area contributed by atoms with E-state index in [-0.39, 0.29) is 36.5 Å². The third kappa shape index (κ3) is 4.09. The Morgan fingerprint density at radius 2 is 2.10 bits per heavy atom. The van der Waals surface area contributed by atoms with Gasteiger partial charge < -0.3 is 15.8 Å². The second-order valence-electron chi connectivity index (χ2n) is 5.32. The van der Waals surface area contributed by atoms with Gasteiger partial charge in [0.2, 0.25) is 5.91 Å². The van der Waals surface area contributed by atoms with E-state index in [9.17, 15) is 13.2 Å². The first-order chi connectivity index (χ1) is 9.29. The zero-order valence-corrected chi connectivity index (χ0v) is 12.8. The van der Waals surface area contributed by atoms with E-state index in [1.165, 1.54) is 4.90 Å². The van der Waals surface area contributed by atoms with E-state index < -0.39 is 15.1 Å². The zero-order chi connectivity index (χ0) is 15.3. The molecule has 1 amide bonds. The quantitative estimate of drug-likeness (QED) is 0.329. The van der Waals surface area contributed by atoms with Crippen molar-refractivity contribution in [3.63, 3.8) is 0 Å². The number of carbonyl (C=O) groups excluding carboxylic acids is 1. The molecule has 0 spiro atoms. The lowest BCUT2D eigenvalue weighted by atomic mass is 10.1. The Morgan fingerprint density at radius 1 is 1.45 bits per heavy atom. The largest absolute Gasteiger partial charge is 0.409 e. The standard InChI is InChI=1S/C12H23N3O4S/c1-9(2)15(7-6-11(13)14-17)12(16)10-5-3-4-8-20(10,18)19/h9-10,17H,3-8H2,1-2H3,(H2,13,14). The fourth-order valence-corrected chi connectivity index (χ4v) is 4.18. The van der Waals surface area contributed by atoms with Crippen LogP contribution in [0.25, 0.3) is 0 Å². The van der Waals surface area contributed by atoms with Gasteiger partial charge in [-0.25, -0.2) is 8.42 Å². The molecule has 0 bridgehead atoms. The second kappa shape index (κ2) is 6.92. The first kappa shape index (κ1) is 16.7. The van der Waals surface area contributed by atoms with Crippen LogP contribution in [0.2, 0.25) is 0 Å². The summed E-state index contributed by atoms with van der Waals surface area (Å²) in [5, 5.41) is 10.4. The van der Waals surface area contributed by atoms with Crippen molar-refractivity contribution in [2.45, 2.75) is 50.8 Å². The molecular formula is C12H23N3O4S. The van der Waals surface area contributed by atoms with Crippen molar-refractivity contribution in [3.8, 4) is 0 Å². The molecule has 7 nitrogen and oxygen atoms in total. The van der Waals surface area contributed by atoms with Gasteiger partial charge in [-0.15, -0.1) is 0 Å². The molecule has 8 heteroatoms. The van der Waals surface area contributed by atoms with Crippen molar-refractivity contribution in [1.82, 2.24) is 4.90 Å². The van der Waals surface area contributed by atoms with E-state index in [4.69, 9.17) is 10.9 Å². The molecule has 1 aliphatic rings. The summed E-state index contributed by atoms with van der Waals surface area (Å²) in [5.74, 6) is -0.268. The molecule has 3 N–H and O–H groups in total. The van der Waals surface area contributed by atoms with Crippen molar-refractivity contribution < 1.29 is 18.4 Å². The molecule has 1 rings (SSSR count). The van der Waals surface area contributed by atoms with Gasteiger partial charge in [0.05, 0.1) is 5.75 Å². The maximum atomic E-state index is 12.5. The van der Waals surface area contributed by atoms with Crippen LogP contribution in [0, 0.1) is 0 Å². The Morgan fingerprint density at radius 3 is 2.60 bits per heavy atom. The lowest BCUT2D eigenvalue weighted by Crippen LogP contribution is -2.48. The Balaban J connectivity index is 2.83. The average Bonchev–Trinajstić information content (AvgIpc) is 2.37. The summed E-state index contributed by atoms with van der Waals surface area (Å²) < 4.78 is 24.0. The molecule has 116 valence electrons. The summed E-state index contributed by atoms with van der Waals surface area (Å²) in [6.07, 6.45) is 1.97. The molecule has 1 heterocycles. The number of amidine groups is 1. The van der Waals surface area contributed by atoms with E-state index >= 15 is 0 Å². The molecule has 0 aromatic carbocycles. The minimum Gasteiger partial charge on any atom is -0.409 e. The lowest BCUT2D eigenvalue weighted by molar-refractivity contribution is -0.132. The highest BCUT2D eigenvalue weighted by Crippen LogP contribution is 2.22. The molecule has 20 heavy (non-hydrogen) atoms. The first-order valence-corrected chi connectivity index (χ1v) is 8.49. The summed E-state index contributed by atoms with van der Waals surface area (Å²) in [6, 6.07) is -0.133. The highest BCUT2D eigenvalue weighted by Gasteiger charge is 2.37. The molecular weight excluding hydrogens is 282 g/mol. The fourth-order valence-electron chi connectivity index (χ4n) is 2.32. The molecule has 0 saturated carbocycles. The van der Waals surface area contributed by atoms with Crippen LogP contribution in [-0.2, 0) is 14.6 Å². The molecule has 0 radical (unpaired) electrons. The topological polar surface area (TPSA) is 113 Å².